The molecule has 0 aliphatic carbocycles. The molecular weight excluding hydrogens is 509 g/mol. The Hall–Kier alpha value is -3.34. The minimum Gasteiger partial charge on any atom is -0.493 e. The summed E-state index contributed by atoms with van der Waals surface area (Å²) in [7, 11) is 3.17. The maximum absolute atomic E-state index is 11.9. The van der Waals surface area contributed by atoms with Gasteiger partial charge < -0.3 is 20.5 Å². The number of carbonyl (C=O) groups is 1. The lowest BCUT2D eigenvalue weighted by molar-refractivity contribution is 0.100. The first-order valence-corrected chi connectivity index (χ1v) is 10.0. The highest BCUT2D eigenvalue weighted by atomic mass is 127. The van der Waals surface area contributed by atoms with E-state index in [4.69, 9.17) is 20.2 Å². The first-order valence-electron chi connectivity index (χ1n) is 8.93. The van der Waals surface area contributed by atoms with Gasteiger partial charge in [-0.15, -0.1) is 0 Å². The largest absolute Gasteiger partial charge is 0.493 e. The van der Waals surface area contributed by atoms with Crippen molar-refractivity contribution in [2.45, 2.75) is 7.43 Å². The molecule has 2 aromatic heterocycles. The lowest BCUT2D eigenvalue weighted by Crippen LogP contribution is -2.14. The fourth-order valence-electron chi connectivity index (χ4n) is 3.10. The summed E-state index contributed by atoms with van der Waals surface area (Å²) in [5.74, 6) is 1.21. The summed E-state index contributed by atoms with van der Waals surface area (Å²) in [5, 5.41) is 3.22. The molecule has 4 rings (SSSR count). The van der Waals surface area contributed by atoms with Crippen LogP contribution in [0.3, 0.4) is 0 Å². The van der Waals surface area contributed by atoms with E-state index in [1.807, 2.05) is 30.3 Å². The number of benzene rings is 2. The molecule has 0 saturated heterocycles. The van der Waals surface area contributed by atoms with Crippen LogP contribution in [0.1, 0.15) is 17.8 Å². The summed E-state index contributed by atoms with van der Waals surface area (Å²) < 4.78 is 13.4. The molecule has 2 heterocycles. The van der Waals surface area contributed by atoms with Crippen LogP contribution >= 0.6 is 22.6 Å². The Morgan fingerprint density at radius 3 is 2.58 bits per heavy atom. The standard InChI is InChI=1S/C21H18IN5O3.CH4/c1-29-17-6-3-12(9-18(17)30-2)16-11-19-24-7-8-27(19)21(26-16)25-15-5-4-13(22)10-14(15)20(23)28;/h3-11H,1-2H3,(H2,23,28)(H,25,26);1H4. The van der Waals surface area contributed by atoms with Crippen LogP contribution < -0.4 is 20.5 Å². The zero-order valence-electron chi connectivity index (χ0n) is 16.2. The van der Waals surface area contributed by atoms with Gasteiger partial charge in [-0.05, 0) is 59.0 Å². The molecule has 0 bridgehead atoms. The van der Waals surface area contributed by atoms with Crippen LogP contribution in [0.25, 0.3) is 16.9 Å². The smallest absolute Gasteiger partial charge is 0.250 e. The summed E-state index contributed by atoms with van der Waals surface area (Å²) in [6.07, 6.45) is 3.48. The van der Waals surface area contributed by atoms with Gasteiger partial charge in [0.1, 0.15) is 5.65 Å². The van der Waals surface area contributed by atoms with Gasteiger partial charge in [0.15, 0.2) is 11.5 Å². The number of nitrogens with zero attached hydrogens (tertiary/aromatic N) is 3. The number of rotatable bonds is 6. The molecule has 0 atom stereocenters. The SMILES string of the molecule is C.COc1ccc(-c2cc3nccn3c(Nc3ccc(I)cc3C(N)=O)n2)cc1OC. The van der Waals surface area contributed by atoms with Crippen LogP contribution in [-0.2, 0) is 0 Å². The third-order valence-electron chi connectivity index (χ3n) is 4.56. The average molecular weight is 531 g/mol. The summed E-state index contributed by atoms with van der Waals surface area (Å²) in [4.78, 5) is 21.1. The molecule has 3 N–H and O–H groups in total. The van der Waals surface area contributed by atoms with Crippen molar-refractivity contribution in [1.82, 2.24) is 14.4 Å². The summed E-state index contributed by atoms with van der Waals surface area (Å²) in [6.45, 7) is 0. The van der Waals surface area contributed by atoms with Crippen molar-refractivity contribution in [1.29, 1.82) is 0 Å². The topological polar surface area (TPSA) is 104 Å². The number of hydrogen-bond acceptors (Lipinski definition) is 6. The normalized spacial score (nSPS) is 10.4. The van der Waals surface area contributed by atoms with Crippen LogP contribution in [0.2, 0.25) is 0 Å². The number of anilines is 2. The number of ether oxygens (including phenoxy) is 2. The summed E-state index contributed by atoms with van der Waals surface area (Å²) in [5.41, 5.74) is 8.72. The summed E-state index contributed by atoms with van der Waals surface area (Å²) in [6, 6.07) is 12.9. The third kappa shape index (κ3) is 4.41. The van der Waals surface area contributed by atoms with E-state index >= 15 is 0 Å². The highest BCUT2D eigenvalue weighted by molar-refractivity contribution is 14.1. The number of amides is 1. The van der Waals surface area contributed by atoms with E-state index in [2.05, 4.69) is 32.9 Å². The number of halogens is 1. The van der Waals surface area contributed by atoms with Crippen molar-refractivity contribution in [3.8, 4) is 22.8 Å². The minimum atomic E-state index is -0.520. The van der Waals surface area contributed by atoms with Crippen LogP contribution in [-0.4, -0.2) is 34.5 Å². The Bertz CT molecular complexity index is 1260. The van der Waals surface area contributed by atoms with Gasteiger partial charge in [0.2, 0.25) is 5.95 Å². The highest BCUT2D eigenvalue weighted by Crippen LogP contribution is 2.33. The van der Waals surface area contributed by atoms with E-state index in [-0.39, 0.29) is 7.43 Å². The molecule has 0 aliphatic heterocycles. The third-order valence-corrected chi connectivity index (χ3v) is 5.23. The molecule has 0 saturated carbocycles. The number of primary amides is 1. The first-order chi connectivity index (χ1) is 14.5. The van der Waals surface area contributed by atoms with Gasteiger partial charge >= 0.3 is 0 Å². The van der Waals surface area contributed by atoms with Crippen LogP contribution in [0, 0.1) is 3.57 Å². The molecule has 4 aromatic rings. The van der Waals surface area contributed by atoms with Crippen LogP contribution in [0.15, 0.2) is 54.9 Å². The second-order valence-electron chi connectivity index (χ2n) is 6.37. The zero-order valence-corrected chi connectivity index (χ0v) is 18.4. The van der Waals surface area contributed by atoms with Crippen molar-refractivity contribution in [2.75, 3.05) is 19.5 Å². The fourth-order valence-corrected chi connectivity index (χ4v) is 3.60. The van der Waals surface area contributed by atoms with Gasteiger partial charge in [0.25, 0.3) is 5.91 Å². The second-order valence-corrected chi connectivity index (χ2v) is 7.61. The molecule has 0 spiro atoms. The van der Waals surface area contributed by atoms with E-state index in [1.54, 1.807) is 43.1 Å². The number of nitrogens with two attached hydrogens (primary N) is 1. The lowest BCUT2D eigenvalue weighted by Gasteiger charge is -2.14. The van der Waals surface area contributed by atoms with Gasteiger partial charge in [-0.1, -0.05) is 7.43 Å². The van der Waals surface area contributed by atoms with Crippen LogP contribution in [0.4, 0.5) is 11.6 Å². The zero-order chi connectivity index (χ0) is 21.3. The Balaban J connectivity index is 0.00000272. The van der Waals surface area contributed by atoms with Gasteiger partial charge in [0.05, 0.1) is 31.2 Å². The molecule has 9 heteroatoms. The van der Waals surface area contributed by atoms with E-state index in [0.717, 1.165) is 9.13 Å². The van der Waals surface area contributed by atoms with Gasteiger partial charge in [-0.25, -0.2) is 9.97 Å². The Kier molecular flexibility index (Phi) is 6.64. The molecular formula is C22H22IN5O3. The Labute approximate surface area is 193 Å². The fraction of sp³-hybridized carbons (Fsp3) is 0.136. The molecule has 0 unspecified atom stereocenters. The maximum Gasteiger partial charge on any atom is 0.250 e. The predicted molar refractivity (Wildman–Crippen MR) is 129 cm³/mol. The van der Waals surface area contributed by atoms with Crippen LogP contribution in [0.5, 0.6) is 11.5 Å². The average Bonchev–Trinajstić information content (AvgIpc) is 3.23. The molecule has 0 aliphatic rings. The molecule has 8 nitrogen and oxygen atoms in total. The van der Waals surface area contributed by atoms with Crippen molar-refractivity contribution in [2.24, 2.45) is 5.73 Å². The van der Waals surface area contributed by atoms with Crippen molar-refractivity contribution >= 4 is 45.8 Å². The van der Waals surface area contributed by atoms with Crippen molar-refractivity contribution in [3.05, 3.63) is 64.0 Å². The number of aromatic nitrogens is 3. The second kappa shape index (κ2) is 9.21. The number of hydrogen-bond donors (Lipinski definition) is 2. The van der Waals surface area contributed by atoms with E-state index in [0.29, 0.717) is 40.0 Å². The Morgan fingerprint density at radius 2 is 1.87 bits per heavy atom. The van der Waals surface area contributed by atoms with Crippen molar-refractivity contribution < 1.29 is 14.3 Å². The lowest BCUT2D eigenvalue weighted by atomic mass is 10.1. The molecule has 31 heavy (non-hydrogen) atoms. The Morgan fingerprint density at radius 1 is 1.10 bits per heavy atom. The molecule has 0 radical (unpaired) electrons. The van der Waals surface area contributed by atoms with Gasteiger partial charge in [0, 0.05) is 27.6 Å². The number of nitrogens with one attached hydrogen (secondary N) is 1. The number of fused-ring (bicyclic) bond motifs is 1. The number of carbonyl (C=O) groups excluding carboxylic acids is 1. The molecule has 160 valence electrons. The number of methoxy groups -OCH3 is 2. The van der Waals surface area contributed by atoms with E-state index in [1.165, 1.54) is 0 Å². The molecule has 1 amide bonds. The number of imidazole rings is 1. The van der Waals surface area contributed by atoms with E-state index in [9.17, 15) is 4.79 Å². The first kappa shape index (κ1) is 22.3. The van der Waals surface area contributed by atoms with E-state index < -0.39 is 5.91 Å². The molecule has 2 aromatic carbocycles. The predicted octanol–water partition coefficient (Wildman–Crippen LogP) is 4.50. The minimum absolute atomic E-state index is 0. The summed E-state index contributed by atoms with van der Waals surface area (Å²) >= 11 is 2.14. The van der Waals surface area contributed by atoms with Gasteiger partial charge in [-0.3, -0.25) is 9.20 Å². The van der Waals surface area contributed by atoms with Gasteiger partial charge in [-0.2, -0.15) is 0 Å². The maximum atomic E-state index is 11.9. The highest BCUT2D eigenvalue weighted by Gasteiger charge is 2.14. The van der Waals surface area contributed by atoms with Crippen molar-refractivity contribution in [3.63, 3.8) is 0 Å². The quantitative estimate of drug-likeness (QED) is 0.356. The monoisotopic (exact) mass is 531 g/mol. The molecule has 0 fully saturated rings.